The zero-order valence-corrected chi connectivity index (χ0v) is 13.0. The van der Waals surface area contributed by atoms with E-state index in [1.165, 1.54) is 0 Å². The normalized spacial score (nSPS) is 10.7. The molecule has 1 amide bonds. The van der Waals surface area contributed by atoms with E-state index in [2.05, 4.69) is 10.3 Å². The largest absolute Gasteiger partial charge is 0.484 e. The second-order valence-electron chi connectivity index (χ2n) is 5.36. The maximum Gasteiger partial charge on any atom is 0.257 e. The van der Waals surface area contributed by atoms with Crippen molar-refractivity contribution in [1.82, 2.24) is 14.7 Å². The van der Waals surface area contributed by atoms with E-state index in [4.69, 9.17) is 4.74 Å². The standard InChI is InChI=1S/C18H19N3O2/c1-14-6-5-11-21-12-15(20-18(14)21)9-10-19-17(22)13-23-16-7-3-2-4-8-16/h2-8,11-12H,9-10,13H2,1H3,(H,19,22). The predicted octanol–water partition coefficient (Wildman–Crippen LogP) is 2.38. The number of hydrogen-bond donors (Lipinski definition) is 1. The van der Waals surface area contributed by atoms with E-state index in [1.807, 2.05) is 66.2 Å². The number of benzene rings is 1. The van der Waals surface area contributed by atoms with Gasteiger partial charge in [-0.3, -0.25) is 4.79 Å². The average Bonchev–Trinajstić information content (AvgIpc) is 2.98. The second kappa shape index (κ2) is 6.96. The summed E-state index contributed by atoms with van der Waals surface area (Å²) in [7, 11) is 0. The van der Waals surface area contributed by atoms with E-state index in [0.717, 1.165) is 16.9 Å². The molecule has 0 atom stereocenters. The molecule has 1 aromatic carbocycles. The molecule has 2 heterocycles. The number of carbonyl (C=O) groups is 1. The number of aryl methyl sites for hydroxylation is 1. The van der Waals surface area contributed by atoms with Crippen LogP contribution in [0.5, 0.6) is 5.75 Å². The van der Waals surface area contributed by atoms with Crippen molar-refractivity contribution in [2.45, 2.75) is 13.3 Å². The first-order valence-electron chi connectivity index (χ1n) is 7.60. The zero-order chi connectivity index (χ0) is 16.1. The monoisotopic (exact) mass is 309 g/mol. The summed E-state index contributed by atoms with van der Waals surface area (Å²) in [4.78, 5) is 16.4. The van der Waals surface area contributed by atoms with Crippen molar-refractivity contribution >= 4 is 11.6 Å². The minimum absolute atomic E-state index is 0.0221. The lowest BCUT2D eigenvalue weighted by Crippen LogP contribution is -2.30. The van der Waals surface area contributed by atoms with E-state index >= 15 is 0 Å². The van der Waals surface area contributed by atoms with E-state index in [-0.39, 0.29) is 12.5 Å². The van der Waals surface area contributed by atoms with Gasteiger partial charge in [-0.25, -0.2) is 4.98 Å². The van der Waals surface area contributed by atoms with Gasteiger partial charge in [0.2, 0.25) is 0 Å². The van der Waals surface area contributed by atoms with Crippen molar-refractivity contribution in [3.8, 4) is 5.75 Å². The van der Waals surface area contributed by atoms with Gasteiger partial charge in [0.25, 0.3) is 5.91 Å². The fraction of sp³-hybridized carbons (Fsp3) is 0.222. The molecular formula is C18H19N3O2. The molecule has 23 heavy (non-hydrogen) atoms. The third-order valence-corrected chi connectivity index (χ3v) is 3.54. The van der Waals surface area contributed by atoms with Crippen molar-refractivity contribution in [3.63, 3.8) is 0 Å². The summed E-state index contributed by atoms with van der Waals surface area (Å²) < 4.78 is 7.41. The van der Waals surface area contributed by atoms with Crippen LogP contribution in [-0.2, 0) is 11.2 Å². The van der Waals surface area contributed by atoms with Crippen LogP contribution in [-0.4, -0.2) is 28.4 Å². The highest BCUT2D eigenvalue weighted by Crippen LogP contribution is 2.10. The van der Waals surface area contributed by atoms with E-state index < -0.39 is 0 Å². The highest BCUT2D eigenvalue weighted by Gasteiger charge is 2.05. The maximum absolute atomic E-state index is 11.8. The van der Waals surface area contributed by atoms with Gasteiger partial charge in [0.05, 0.1) is 5.69 Å². The summed E-state index contributed by atoms with van der Waals surface area (Å²) >= 11 is 0. The molecule has 2 aromatic heterocycles. The summed E-state index contributed by atoms with van der Waals surface area (Å²) in [6.45, 7) is 2.60. The minimum atomic E-state index is -0.131. The molecule has 5 heteroatoms. The molecule has 118 valence electrons. The number of imidazole rings is 1. The molecule has 0 aliphatic heterocycles. The van der Waals surface area contributed by atoms with Gasteiger partial charge in [0.15, 0.2) is 6.61 Å². The molecular weight excluding hydrogens is 290 g/mol. The van der Waals surface area contributed by atoms with Gasteiger partial charge in [-0.2, -0.15) is 0 Å². The Labute approximate surface area is 134 Å². The Morgan fingerprint density at radius 3 is 2.83 bits per heavy atom. The van der Waals surface area contributed by atoms with Crippen LogP contribution < -0.4 is 10.1 Å². The van der Waals surface area contributed by atoms with Crippen molar-refractivity contribution in [1.29, 1.82) is 0 Å². The molecule has 0 saturated heterocycles. The SMILES string of the molecule is Cc1cccn2cc(CCNC(=O)COc3ccccc3)nc12. The van der Waals surface area contributed by atoms with Gasteiger partial charge in [0.1, 0.15) is 11.4 Å². The minimum Gasteiger partial charge on any atom is -0.484 e. The number of aromatic nitrogens is 2. The fourth-order valence-electron chi connectivity index (χ4n) is 2.37. The topological polar surface area (TPSA) is 55.6 Å². The number of nitrogens with one attached hydrogen (secondary N) is 1. The molecule has 5 nitrogen and oxygen atoms in total. The van der Waals surface area contributed by atoms with Crippen LogP contribution in [0.15, 0.2) is 54.9 Å². The number of amides is 1. The summed E-state index contributed by atoms with van der Waals surface area (Å²) in [5, 5.41) is 2.85. The molecule has 0 aliphatic rings. The fourth-order valence-corrected chi connectivity index (χ4v) is 2.37. The number of para-hydroxylation sites is 1. The van der Waals surface area contributed by atoms with E-state index in [1.54, 1.807) is 0 Å². The predicted molar refractivity (Wildman–Crippen MR) is 88.6 cm³/mol. The van der Waals surface area contributed by atoms with Crippen LogP contribution in [0.1, 0.15) is 11.3 Å². The first-order valence-corrected chi connectivity index (χ1v) is 7.60. The summed E-state index contributed by atoms with van der Waals surface area (Å²) in [5.74, 6) is 0.562. The number of carbonyl (C=O) groups excluding carboxylic acids is 1. The Morgan fingerprint density at radius 1 is 1.22 bits per heavy atom. The summed E-state index contributed by atoms with van der Waals surface area (Å²) in [6.07, 6.45) is 4.66. The molecule has 1 N–H and O–H groups in total. The zero-order valence-electron chi connectivity index (χ0n) is 13.0. The number of rotatable bonds is 6. The number of ether oxygens (including phenoxy) is 1. The van der Waals surface area contributed by atoms with Crippen LogP contribution in [0.4, 0.5) is 0 Å². The van der Waals surface area contributed by atoms with Gasteiger partial charge in [-0.05, 0) is 30.7 Å². The van der Waals surface area contributed by atoms with Gasteiger partial charge in [-0.15, -0.1) is 0 Å². The first kappa shape index (κ1) is 15.1. The Morgan fingerprint density at radius 2 is 2.04 bits per heavy atom. The lowest BCUT2D eigenvalue weighted by atomic mass is 10.3. The van der Waals surface area contributed by atoms with Gasteiger partial charge >= 0.3 is 0 Å². The molecule has 0 unspecified atom stereocenters. The van der Waals surface area contributed by atoms with Crippen molar-refractivity contribution in [2.75, 3.05) is 13.2 Å². The molecule has 0 saturated carbocycles. The molecule has 0 bridgehead atoms. The molecule has 0 radical (unpaired) electrons. The van der Waals surface area contributed by atoms with Gasteiger partial charge in [0, 0.05) is 25.4 Å². The summed E-state index contributed by atoms with van der Waals surface area (Å²) in [5.41, 5.74) is 3.06. The van der Waals surface area contributed by atoms with Crippen LogP contribution in [0.2, 0.25) is 0 Å². The van der Waals surface area contributed by atoms with Gasteiger partial charge < -0.3 is 14.5 Å². The first-order chi connectivity index (χ1) is 11.2. The quantitative estimate of drug-likeness (QED) is 0.760. The van der Waals surface area contributed by atoms with Crippen LogP contribution in [0.25, 0.3) is 5.65 Å². The summed E-state index contributed by atoms with van der Waals surface area (Å²) in [6, 6.07) is 13.3. The maximum atomic E-state index is 11.8. The van der Waals surface area contributed by atoms with Crippen LogP contribution >= 0.6 is 0 Å². The molecule has 0 spiro atoms. The van der Waals surface area contributed by atoms with Crippen molar-refractivity contribution in [3.05, 3.63) is 66.1 Å². The Balaban J connectivity index is 1.46. The van der Waals surface area contributed by atoms with Gasteiger partial charge in [-0.1, -0.05) is 24.3 Å². The van der Waals surface area contributed by atoms with Crippen molar-refractivity contribution in [2.24, 2.45) is 0 Å². The van der Waals surface area contributed by atoms with Crippen molar-refractivity contribution < 1.29 is 9.53 Å². The number of fused-ring (bicyclic) bond motifs is 1. The Hall–Kier alpha value is -2.82. The second-order valence-corrected chi connectivity index (χ2v) is 5.36. The van der Waals surface area contributed by atoms with E-state index in [0.29, 0.717) is 18.7 Å². The van der Waals surface area contributed by atoms with E-state index in [9.17, 15) is 4.79 Å². The number of nitrogens with zero attached hydrogens (tertiary/aromatic N) is 2. The lowest BCUT2D eigenvalue weighted by molar-refractivity contribution is -0.123. The highest BCUT2D eigenvalue weighted by atomic mass is 16.5. The third-order valence-electron chi connectivity index (χ3n) is 3.54. The number of hydrogen-bond acceptors (Lipinski definition) is 3. The molecule has 3 rings (SSSR count). The molecule has 0 aliphatic carbocycles. The number of pyridine rings is 1. The highest BCUT2D eigenvalue weighted by molar-refractivity contribution is 5.77. The average molecular weight is 309 g/mol. The Bertz CT molecular complexity index is 796. The third kappa shape index (κ3) is 3.88. The molecule has 3 aromatic rings. The molecule has 0 fully saturated rings. The van der Waals surface area contributed by atoms with Crippen LogP contribution in [0, 0.1) is 6.92 Å². The smallest absolute Gasteiger partial charge is 0.257 e. The lowest BCUT2D eigenvalue weighted by Gasteiger charge is -2.06. The Kier molecular flexibility index (Phi) is 4.57. The van der Waals surface area contributed by atoms with Crippen LogP contribution in [0.3, 0.4) is 0 Å².